The van der Waals surface area contributed by atoms with Gasteiger partial charge in [0.05, 0.1) is 23.8 Å². The molecule has 0 N–H and O–H groups in total. The van der Waals surface area contributed by atoms with E-state index >= 15 is 0 Å². The summed E-state index contributed by atoms with van der Waals surface area (Å²) in [5.41, 5.74) is 0.651. The molecular formula is C13H15NO2. The number of nitriles is 1. The minimum absolute atomic E-state index is 0.214. The van der Waals surface area contributed by atoms with Crippen molar-refractivity contribution in [2.75, 3.05) is 6.61 Å². The SMILES string of the molecule is CC1CCC(COc2ccc(C#N)cc2)O1. The predicted molar refractivity (Wildman–Crippen MR) is 60.2 cm³/mol. The Morgan fingerprint density at radius 3 is 2.69 bits per heavy atom. The first-order chi connectivity index (χ1) is 7.78. The minimum atomic E-state index is 0.214. The van der Waals surface area contributed by atoms with Crippen molar-refractivity contribution in [3.8, 4) is 11.8 Å². The lowest BCUT2D eigenvalue weighted by atomic mass is 10.2. The first kappa shape index (κ1) is 11.0. The largest absolute Gasteiger partial charge is 0.491 e. The van der Waals surface area contributed by atoms with Crippen LogP contribution >= 0.6 is 0 Å². The second kappa shape index (κ2) is 5.00. The summed E-state index contributed by atoms with van der Waals surface area (Å²) in [5.74, 6) is 0.794. The van der Waals surface area contributed by atoms with Crippen molar-refractivity contribution >= 4 is 0 Å². The van der Waals surface area contributed by atoms with Crippen molar-refractivity contribution in [3.05, 3.63) is 29.8 Å². The average Bonchev–Trinajstić information content (AvgIpc) is 2.73. The van der Waals surface area contributed by atoms with E-state index in [4.69, 9.17) is 14.7 Å². The Labute approximate surface area is 95.6 Å². The molecule has 0 aromatic heterocycles. The van der Waals surface area contributed by atoms with Crippen LogP contribution < -0.4 is 4.74 Å². The van der Waals surface area contributed by atoms with Crippen molar-refractivity contribution in [2.45, 2.75) is 32.0 Å². The molecule has 0 spiro atoms. The number of benzene rings is 1. The van der Waals surface area contributed by atoms with Gasteiger partial charge in [0, 0.05) is 0 Å². The van der Waals surface area contributed by atoms with E-state index in [1.165, 1.54) is 0 Å². The Morgan fingerprint density at radius 2 is 2.12 bits per heavy atom. The van der Waals surface area contributed by atoms with E-state index in [0.29, 0.717) is 18.3 Å². The summed E-state index contributed by atoms with van der Waals surface area (Å²) < 4.78 is 11.3. The number of hydrogen-bond acceptors (Lipinski definition) is 3. The van der Waals surface area contributed by atoms with Gasteiger partial charge in [0.25, 0.3) is 0 Å². The number of nitrogens with zero attached hydrogens (tertiary/aromatic N) is 1. The van der Waals surface area contributed by atoms with Crippen LogP contribution in [-0.4, -0.2) is 18.8 Å². The maximum absolute atomic E-state index is 8.65. The van der Waals surface area contributed by atoms with Crippen LogP contribution in [0.3, 0.4) is 0 Å². The molecule has 1 saturated heterocycles. The first-order valence-corrected chi connectivity index (χ1v) is 5.56. The van der Waals surface area contributed by atoms with Crippen LogP contribution in [0.2, 0.25) is 0 Å². The van der Waals surface area contributed by atoms with E-state index < -0.39 is 0 Å². The Bertz CT molecular complexity index is 380. The highest BCUT2D eigenvalue weighted by Gasteiger charge is 2.21. The quantitative estimate of drug-likeness (QED) is 0.781. The molecule has 0 amide bonds. The van der Waals surface area contributed by atoms with Crippen molar-refractivity contribution < 1.29 is 9.47 Å². The van der Waals surface area contributed by atoms with Crippen LogP contribution in [0.5, 0.6) is 5.75 Å². The van der Waals surface area contributed by atoms with Crippen LogP contribution in [0.1, 0.15) is 25.3 Å². The molecule has 0 radical (unpaired) electrons. The number of ether oxygens (including phenoxy) is 2. The van der Waals surface area contributed by atoms with E-state index in [9.17, 15) is 0 Å². The maximum atomic E-state index is 8.65. The van der Waals surface area contributed by atoms with Gasteiger partial charge in [0.15, 0.2) is 0 Å². The van der Waals surface area contributed by atoms with Crippen molar-refractivity contribution in [1.82, 2.24) is 0 Å². The van der Waals surface area contributed by atoms with E-state index in [2.05, 4.69) is 13.0 Å². The third-order valence-corrected chi connectivity index (χ3v) is 2.74. The highest BCUT2D eigenvalue weighted by molar-refractivity contribution is 5.34. The van der Waals surface area contributed by atoms with Gasteiger partial charge in [-0.25, -0.2) is 0 Å². The fraction of sp³-hybridized carbons (Fsp3) is 0.462. The van der Waals surface area contributed by atoms with Crippen molar-refractivity contribution in [2.24, 2.45) is 0 Å². The van der Waals surface area contributed by atoms with Crippen molar-refractivity contribution in [3.63, 3.8) is 0 Å². The molecule has 1 aromatic rings. The topological polar surface area (TPSA) is 42.2 Å². The molecule has 1 heterocycles. The van der Waals surface area contributed by atoms with E-state index in [1.54, 1.807) is 12.1 Å². The molecule has 3 heteroatoms. The van der Waals surface area contributed by atoms with Crippen LogP contribution in [0, 0.1) is 11.3 Å². The Kier molecular flexibility index (Phi) is 3.43. The van der Waals surface area contributed by atoms with Crippen LogP contribution in [0.25, 0.3) is 0 Å². The number of rotatable bonds is 3. The van der Waals surface area contributed by atoms with Gasteiger partial charge < -0.3 is 9.47 Å². The van der Waals surface area contributed by atoms with E-state index in [1.807, 2.05) is 12.1 Å². The molecule has 2 unspecified atom stereocenters. The highest BCUT2D eigenvalue weighted by atomic mass is 16.5. The molecule has 2 atom stereocenters. The zero-order chi connectivity index (χ0) is 11.4. The molecule has 1 aliphatic heterocycles. The summed E-state index contributed by atoms with van der Waals surface area (Å²) in [6.45, 7) is 2.68. The molecule has 1 aromatic carbocycles. The molecular weight excluding hydrogens is 202 g/mol. The zero-order valence-corrected chi connectivity index (χ0v) is 9.35. The lowest BCUT2D eigenvalue weighted by Crippen LogP contribution is -2.17. The minimum Gasteiger partial charge on any atom is -0.491 e. The molecule has 2 rings (SSSR count). The van der Waals surface area contributed by atoms with E-state index in [-0.39, 0.29) is 6.10 Å². The zero-order valence-electron chi connectivity index (χ0n) is 9.35. The fourth-order valence-corrected chi connectivity index (χ4v) is 1.82. The Morgan fingerprint density at radius 1 is 1.38 bits per heavy atom. The van der Waals surface area contributed by atoms with Gasteiger partial charge in [-0.2, -0.15) is 5.26 Å². The molecule has 84 valence electrons. The first-order valence-electron chi connectivity index (χ1n) is 5.56. The van der Waals surface area contributed by atoms with Gasteiger partial charge in [-0.3, -0.25) is 0 Å². The van der Waals surface area contributed by atoms with Crippen LogP contribution in [-0.2, 0) is 4.74 Å². The van der Waals surface area contributed by atoms with Gasteiger partial charge in [0.2, 0.25) is 0 Å². The third-order valence-electron chi connectivity index (χ3n) is 2.74. The molecule has 0 aliphatic carbocycles. The monoisotopic (exact) mass is 217 g/mol. The molecule has 0 saturated carbocycles. The van der Waals surface area contributed by atoms with Crippen LogP contribution in [0.4, 0.5) is 0 Å². The smallest absolute Gasteiger partial charge is 0.119 e. The third kappa shape index (κ3) is 2.74. The molecule has 0 bridgehead atoms. The van der Waals surface area contributed by atoms with E-state index in [0.717, 1.165) is 18.6 Å². The van der Waals surface area contributed by atoms with Gasteiger partial charge in [-0.1, -0.05) is 0 Å². The normalized spacial score (nSPS) is 24.0. The van der Waals surface area contributed by atoms with Gasteiger partial charge >= 0.3 is 0 Å². The van der Waals surface area contributed by atoms with Gasteiger partial charge in [-0.15, -0.1) is 0 Å². The second-order valence-corrected chi connectivity index (χ2v) is 4.09. The summed E-state index contributed by atoms with van der Waals surface area (Å²) in [4.78, 5) is 0. The predicted octanol–water partition coefficient (Wildman–Crippen LogP) is 2.50. The molecule has 1 fully saturated rings. The summed E-state index contributed by atoms with van der Waals surface area (Å²) in [5, 5.41) is 8.65. The summed E-state index contributed by atoms with van der Waals surface area (Å²) >= 11 is 0. The molecule has 16 heavy (non-hydrogen) atoms. The van der Waals surface area contributed by atoms with Crippen molar-refractivity contribution in [1.29, 1.82) is 5.26 Å². The lowest BCUT2D eigenvalue weighted by molar-refractivity contribution is 0.0264. The summed E-state index contributed by atoms with van der Waals surface area (Å²) in [6.07, 6.45) is 2.75. The van der Waals surface area contributed by atoms with Gasteiger partial charge in [0.1, 0.15) is 12.4 Å². The molecule has 3 nitrogen and oxygen atoms in total. The standard InChI is InChI=1S/C13H15NO2/c1-10-2-5-13(16-10)9-15-12-6-3-11(8-14)4-7-12/h3-4,6-7,10,13H,2,5,9H2,1H3. The highest BCUT2D eigenvalue weighted by Crippen LogP contribution is 2.20. The average molecular weight is 217 g/mol. The fourth-order valence-electron chi connectivity index (χ4n) is 1.82. The maximum Gasteiger partial charge on any atom is 0.119 e. The van der Waals surface area contributed by atoms with Crippen LogP contribution in [0.15, 0.2) is 24.3 Å². The number of hydrogen-bond donors (Lipinski definition) is 0. The second-order valence-electron chi connectivity index (χ2n) is 4.09. The summed E-state index contributed by atoms with van der Waals surface area (Å²) in [6, 6.07) is 9.22. The Hall–Kier alpha value is -1.53. The van der Waals surface area contributed by atoms with Gasteiger partial charge in [-0.05, 0) is 44.0 Å². The summed E-state index contributed by atoms with van der Waals surface area (Å²) in [7, 11) is 0. The lowest BCUT2D eigenvalue weighted by Gasteiger charge is -2.12. The molecule has 1 aliphatic rings. The Balaban J connectivity index is 1.83.